The molecule has 3 nitrogen and oxygen atoms in total. The largest absolute Gasteiger partial charge is 0.459 e. The monoisotopic (exact) mass is 185 g/mol. The van der Waals surface area contributed by atoms with Gasteiger partial charge < -0.3 is 10.5 Å². The molecule has 3 heteroatoms. The Kier molecular flexibility index (Phi) is 4.14. The first-order valence-corrected chi connectivity index (χ1v) is 4.35. The Morgan fingerprint density at radius 3 is 2.31 bits per heavy atom. The molecule has 0 unspecified atom stereocenters. The van der Waals surface area contributed by atoms with E-state index in [1.54, 1.807) is 0 Å². The molecule has 0 heterocycles. The average Bonchev–Trinajstić information content (AvgIpc) is 1.81. The summed E-state index contributed by atoms with van der Waals surface area (Å²) in [7, 11) is 0. The van der Waals surface area contributed by atoms with Gasteiger partial charge in [0.2, 0.25) is 0 Å². The van der Waals surface area contributed by atoms with Gasteiger partial charge in [-0.15, -0.1) is 6.58 Å². The van der Waals surface area contributed by atoms with Crippen LogP contribution in [0.4, 0.5) is 0 Å². The molecule has 0 aliphatic rings. The molecule has 0 aliphatic carbocycles. The maximum absolute atomic E-state index is 11.3. The standard InChI is InChI=1S/C10H19NO2/c1-7(2)6-8(11)9(12)13-10(3,4)5/h8H,1,6,11H2,2-5H3/t8-/m0/s1. The zero-order chi connectivity index (χ0) is 10.6. The molecule has 0 rings (SSSR count). The molecule has 0 saturated heterocycles. The van der Waals surface area contributed by atoms with Crippen LogP contribution in [0.3, 0.4) is 0 Å². The molecule has 0 aromatic rings. The van der Waals surface area contributed by atoms with Gasteiger partial charge in [-0.05, 0) is 34.1 Å². The molecule has 0 amide bonds. The molecule has 0 bridgehead atoms. The zero-order valence-electron chi connectivity index (χ0n) is 8.89. The number of rotatable bonds is 3. The second kappa shape index (κ2) is 4.42. The molecule has 1 atom stereocenters. The molecule has 0 radical (unpaired) electrons. The highest BCUT2D eigenvalue weighted by Gasteiger charge is 2.21. The highest BCUT2D eigenvalue weighted by Crippen LogP contribution is 2.10. The fraction of sp³-hybridized carbons (Fsp3) is 0.700. The Balaban J connectivity index is 4.05. The lowest BCUT2D eigenvalue weighted by molar-refractivity contribution is -0.156. The quantitative estimate of drug-likeness (QED) is 0.537. The Hall–Kier alpha value is -0.830. The summed E-state index contributed by atoms with van der Waals surface area (Å²) >= 11 is 0. The first-order valence-electron chi connectivity index (χ1n) is 4.35. The molecular weight excluding hydrogens is 166 g/mol. The van der Waals surface area contributed by atoms with Gasteiger partial charge in [0.15, 0.2) is 0 Å². The summed E-state index contributed by atoms with van der Waals surface area (Å²) in [6.07, 6.45) is 0.481. The lowest BCUT2D eigenvalue weighted by atomic mass is 10.1. The normalized spacial score (nSPS) is 13.6. The van der Waals surface area contributed by atoms with Gasteiger partial charge in [0.1, 0.15) is 11.6 Å². The molecule has 13 heavy (non-hydrogen) atoms. The maximum Gasteiger partial charge on any atom is 0.323 e. The van der Waals surface area contributed by atoms with E-state index in [4.69, 9.17) is 10.5 Å². The lowest BCUT2D eigenvalue weighted by Crippen LogP contribution is -2.37. The topological polar surface area (TPSA) is 52.3 Å². The maximum atomic E-state index is 11.3. The van der Waals surface area contributed by atoms with E-state index in [2.05, 4.69) is 6.58 Å². The SMILES string of the molecule is C=C(C)C[C@H](N)C(=O)OC(C)(C)C. The Morgan fingerprint density at radius 1 is 1.54 bits per heavy atom. The lowest BCUT2D eigenvalue weighted by Gasteiger charge is -2.22. The number of ether oxygens (including phenoxy) is 1. The number of hydrogen-bond donors (Lipinski definition) is 1. The van der Waals surface area contributed by atoms with Crippen LogP contribution in [0.2, 0.25) is 0 Å². The van der Waals surface area contributed by atoms with Crippen LogP contribution in [-0.2, 0) is 9.53 Å². The molecule has 0 spiro atoms. The zero-order valence-corrected chi connectivity index (χ0v) is 8.89. The fourth-order valence-corrected chi connectivity index (χ4v) is 0.836. The first kappa shape index (κ1) is 12.2. The first-order chi connectivity index (χ1) is 5.72. The van der Waals surface area contributed by atoms with Gasteiger partial charge in [0.25, 0.3) is 0 Å². The second-order valence-corrected chi connectivity index (χ2v) is 4.30. The van der Waals surface area contributed by atoms with Gasteiger partial charge in [-0.1, -0.05) is 5.57 Å². The van der Waals surface area contributed by atoms with Crippen molar-refractivity contribution in [2.75, 3.05) is 0 Å². The Bertz CT molecular complexity index is 203. The van der Waals surface area contributed by atoms with E-state index < -0.39 is 11.6 Å². The molecule has 0 aromatic heterocycles. The number of nitrogens with two attached hydrogens (primary N) is 1. The minimum Gasteiger partial charge on any atom is -0.459 e. The predicted molar refractivity (Wildman–Crippen MR) is 53.3 cm³/mol. The van der Waals surface area contributed by atoms with Crippen LogP contribution >= 0.6 is 0 Å². The summed E-state index contributed by atoms with van der Waals surface area (Å²) in [5.41, 5.74) is 6.01. The van der Waals surface area contributed by atoms with Gasteiger partial charge in [-0.25, -0.2) is 0 Å². The third-order valence-electron chi connectivity index (χ3n) is 1.28. The molecule has 0 fully saturated rings. The van der Waals surface area contributed by atoms with Crippen LogP contribution in [0.15, 0.2) is 12.2 Å². The van der Waals surface area contributed by atoms with Crippen molar-refractivity contribution in [3.05, 3.63) is 12.2 Å². The van der Waals surface area contributed by atoms with Crippen molar-refractivity contribution < 1.29 is 9.53 Å². The van der Waals surface area contributed by atoms with Crippen LogP contribution < -0.4 is 5.73 Å². The van der Waals surface area contributed by atoms with Crippen molar-refractivity contribution in [1.29, 1.82) is 0 Å². The Labute approximate surface area is 79.9 Å². The molecule has 2 N–H and O–H groups in total. The van der Waals surface area contributed by atoms with Crippen LogP contribution in [0.25, 0.3) is 0 Å². The van der Waals surface area contributed by atoms with Crippen molar-refractivity contribution in [2.45, 2.75) is 45.8 Å². The van der Waals surface area contributed by atoms with E-state index in [1.807, 2.05) is 27.7 Å². The smallest absolute Gasteiger partial charge is 0.323 e. The van der Waals surface area contributed by atoms with Crippen molar-refractivity contribution in [1.82, 2.24) is 0 Å². The van der Waals surface area contributed by atoms with E-state index >= 15 is 0 Å². The van der Waals surface area contributed by atoms with Gasteiger partial charge >= 0.3 is 5.97 Å². The summed E-state index contributed by atoms with van der Waals surface area (Å²) in [4.78, 5) is 11.3. The van der Waals surface area contributed by atoms with Crippen molar-refractivity contribution >= 4 is 5.97 Å². The highest BCUT2D eigenvalue weighted by molar-refractivity contribution is 5.76. The summed E-state index contributed by atoms with van der Waals surface area (Å²) in [6.45, 7) is 11.0. The number of carbonyl (C=O) groups is 1. The van der Waals surface area contributed by atoms with Gasteiger partial charge in [0, 0.05) is 0 Å². The minimum atomic E-state index is -0.586. The fourth-order valence-electron chi connectivity index (χ4n) is 0.836. The number of hydrogen-bond acceptors (Lipinski definition) is 3. The van der Waals surface area contributed by atoms with E-state index in [-0.39, 0.29) is 5.97 Å². The number of carbonyl (C=O) groups excluding carboxylic acids is 1. The van der Waals surface area contributed by atoms with Gasteiger partial charge in [0.05, 0.1) is 0 Å². The number of esters is 1. The molecule has 0 aromatic carbocycles. The molecule has 0 saturated carbocycles. The van der Waals surface area contributed by atoms with Crippen molar-refractivity contribution in [3.8, 4) is 0 Å². The summed E-state index contributed by atoms with van der Waals surface area (Å²) in [5, 5.41) is 0. The van der Waals surface area contributed by atoms with Crippen molar-refractivity contribution in [3.63, 3.8) is 0 Å². The highest BCUT2D eigenvalue weighted by atomic mass is 16.6. The molecule has 76 valence electrons. The van der Waals surface area contributed by atoms with E-state index in [0.717, 1.165) is 5.57 Å². The molecule has 0 aliphatic heterocycles. The third-order valence-corrected chi connectivity index (χ3v) is 1.28. The summed E-state index contributed by atoms with van der Waals surface area (Å²) in [6, 6.07) is -0.586. The van der Waals surface area contributed by atoms with Crippen LogP contribution in [-0.4, -0.2) is 17.6 Å². The second-order valence-electron chi connectivity index (χ2n) is 4.30. The predicted octanol–water partition coefficient (Wildman–Crippen LogP) is 1.62. The van der Waals surface area contributed by atoms with E-state index in [9.17, 15) is 4.79 Å². The van der Waals surface area contributed by atoms with Crippen LogP contribution in [0.1, 0.15) is 34.1 Å². The van der Waals surface area contributed by atoms with Crippen molar-refractivity contribution in [2.24, 2.45) is 5.73 Å². The summed E-state index contributed by atoms with van der Waals surface area (Å²) < 4.78 is 5.10. The van der Waals surface area contributed by atoms with Crippen LogP contribution in [0, 0.1) is 0 Å². The summed E-state index contributed by atoms with van der Waals surface area (Å²) in [5.74, 6) is -0.365. The minimum absolute atomic E-state index is 0.365. The molecular formula is C10H19NO2. The van der Waals surface area contributed by atoms with Gasteiger partial charge in [-0.3, -0.25) is 4.79 Å². The van der Waals surface area contributed by atoms with E-state index in [1.165, 1.54) is 0 Å². The van der Waals surface area contributed by atoms with E-state index in [0.29, 0.717) is 6.42 Å². The Morgan fingerprint density at radius 2 is 2.00 bits per heavy atom. The van der Waals surface area contributed by atoms with Crippen LogP contribution in [0.5, 0.6) is 0 Å². The third kappa shape index (κ3) is 6.34. The van der Waals surface area contributed by atoms with Gasteiger partial charge in [-0.2, -0.15) is 0 Å². The average molecular weight is 185 g/mol.